The predicted molar refractivity (Wildman–Crippen MR) is 81.1 cm³/mol. The first-order valence-corrected chi connectivity index (χ1v) is 7.23. The number of benzene rings is 2. The Hall–Kier alpha value is -0.900. The van der Waals surface area contributed by atoms with E-state index in [1.54, 1.807) is 6.07 Å². The quantitative estimate of drug-likeness (QED) is 0.830. The largest absolute Gasteiger partial charge is 0.306 e. The molecule has 0 amide bonds. The summed E-state index contributed by atoms with van der Waals surface area (Å²) < 4.78 is 14.6. The van der Waals surface area contributed by atoms with Crippen LogP contribution in [0.1, 0.15) is 24.1 Å². The lowest BCUT2D eigenvalue weighted by atomic mass is 9.98. The fraction of sp³-hybridized carbons (Fsp3) is 0.200. The van der Waals surface area contributed by atoms with Crippen LogP contribution < -0.4 is 5.32 Å². The van der Waals surface area contributed by atoms with Gasteiger partial charge in [-0.25, -0.2) is 4.39 Å². The summed E-state index contributed by atoms with van der Waals surface area (Å²) in [5, 5.41) is 3.51. The zero-order chi connectivity index (χ0) is 13.8. The summed E-state index contributed by atoms with van der Waals surface area (Å²) >= 11 is 9.49. The molecule has 2 aromatic carbocycles. The molecule has 2 aromatic rings. The molecule has 19 heavy (non-hydrogen) atoms. The normalized spacial score (nSPS) is 12.4. The highest BCUT2D eigenvalue weighted by atomic mass is 79.9. The van der Waals surface area contributed by atoms with E-state index in [4.69, 9.17) is 11.6 Å². The van der Waals surface area contributed by atoms with Crippen LogP contribution >= 0.6 is 27.5 Å². The first kappa shape index (κ1) is 14.5. The summed E-state index contributed by atoms with van der Waals surface area (Å²) in [7, 11) is 0. The molecule has 0 radical (unpaired) electrons. The predicted octanol–water partition coefficient (Wildman–Crippen LogP) is 4.94. The van der Waals surface area contributed by atoms with E-state index in [1.807, 2.05) is 37.3 Å². The van der Waals surface area contributed by atoms with E-state index in [0.717, 1.165) is 22.1 Å². The van der Waals surface area contributed by atoms with Crippen LogP contribution in [0.15, 0.2) is 46.9 Å². The van der Waals surface area contributed by atoms with E-state index in [1.165, 1.54) is 6.07 Å². The first-order chi connectivity index (χ1) is 9.13. The monoisotopic (exact) mass is 341 g/mol. The van der Waals surface area contributed by atoms with Crippen molar-refractivity contribution in [2.75, 3.05) is 6.54 Å². The lowest BCUT2D eigenvalue weighted by molar-refractivity contribution is 0.603. The van der Waals surface area contributed by atoms with E-state index >= 15 is 0 Å². The molecule has 4 heteroatoms. The van der Waals surface area contributed by atoms with Gasteiger partial charge in [-0.3, -0.25) is 0 Å². The molecule has 0 saturated carbocycles. The van der Waals surface area contributed by atoms with Crippen LogP contribution in [-0.2, 0) is 0 Å². The molecule has 0 heterocycles. The topological polar surface area (TPSA) is 12.0 Å². The van der Waals surface area contributed by atoms with Gasteiger partial charge in [0.15, 0.2) is 0 Å². The molecule has 0 aromatic heterocycles. The van der Waals surface area contributed by atoms with Crippen molar-refractivity contribution in [3.8, 4) is 0 Å². The maximum absolute atomic E-state index is 13.6. The van der Waals surface area contributed by atoms with Gasteiger partial charge in [0.25, 0.3) is 0 Å². The molecule has 2 rings (SSSR count). The Kier molecular flexibility index (Phi) is 4.97. The summed E-state index contributed by atoms with van der Waals surface area (Å²) in [6, 6.07) is 12.7. The van der Waals surface area contributed by atoms with E-state index in [9.17, 15) is 4.39 Å². The third kappa shape index (κ3) is 3.35. The zero-order valence-corrected chi connectivity index (χ0v) is 12.8. The van der Waals surface area contributed by atoms with Crippen LogP contribution in [0.2, 0.25) is 5.02 Å². The van der Waals surface area contributed by atoms with Crippen LogP contribution in [0.25, 0.3) is 0 Å². The highest BCUT2D eigenvalue weighted by Gasteiger charge is 2.17. The Morgan fingerprint density at radius 3 is 2.53 bits per heavy atom. The van der Waals surface area contributed by atoms with Gasteiger partial charge < -0.3 is 5.32 Å². The van der Waals surface area contributed by atoms with E-state index in [0.29, 0.717) is 0 Å². The van der Waals surface area contributed by atoms with Crippen molar-refractivity contribution in [3.63, 3.8) is 0 Å². The van der Waals surface area contributed by atoms with Gasteiger partial charge in [-0.1, -0.05) is 58.7 Å². The van der Waals surface area contributed by atoms with E-state index < -0.39 is 0 Å². The molecule has 0 aliphatic rings. The fourth-order valence-electron chi connectivity index (χ4n) is 2.01. The van der Waals surface area contributed by atoms with Crippen LogP contribution in [-0.4, -0.2) is 6.54 Å². The molecule has 0 fully saturated rings. The maximum Gasteiger partial charge on any atom is 0.142 e. The molecule has 1 unspecified atom stereocenters. The lowest BCUT2D eigenvalue weighted by Crippen LogP contribution is -2.22. The van der Waals surface area contributed by atoms with Gasteiger partial charge in [-0.15, -0.1) is 0 Å². The number of nitrogens with one attached hydrogen (secondary N) is 1. The molecule has 0 bridgehead atoms. The Labute approximate surface area is 125 Å². The van der Waals surface area contributed by atoms with Gasteiger partial charge in [-0.05, 0) is 35.9 Å². The van der Waals surface area contributed by atoms with Crippen molar-refractivity contribution < 1.29 is 4.39 Å². The number of rotatable bonds is 4. The van der Waals surface area contributed by atoms with Crippen LogP contribution in [0.3, 0.4) is 0 Å². The maximum atomic E-state index is 13.6. The molecule has 0 aliphatic carbocycles. The molecule has 0 aliphatic heterocycles. The second kappa shape index (κ2) is 6.51. The van der Waals surface area contributed by atoms with Gasteiger partial charge >= 0.3 is 0 Å². The smallest absolute Gasteiger partial charge is 0.142 e. The highest BCUT2D eigenvalue weighted by molar-refractivity contribution is 9.10. The van der Waals surface area contributed by atoms with Crippen molar-refractivity contribution in [2.45, 2.75) is 13.0 Å². The van der Waals surface area contributed by atoms with Crippen molar-refractivity contribution in [1.29, 1.82) is 0 Å². The van der Waals surface area contributed by atoms with Gasteiger partial charge in [-0.2, -0.15) is 0 Å². The van der Waals surface area contributed by atoms with Crippen LogP contribution in [0.4, 0.5) is 4.39 Å². The van der Waals surface area contributed by atoms with Crippen LogP contribution in [0.5, 0.6) is 0 Å². The molecule has 0 spiro atoms. The molecular weight excluding hydrogens is 329 g/mol. The average molecular weight is 343 g/mol. The Balaban J connectivity index is 2.45. The molecule has 1 atom stereocenters. The Morgan fingerprint density at radius 2 is 1.89 bits per heavy atom. The second-order valence-corrected chi connectivity index (χ2v) is 5.48. The first-order valence-electron chi connectivity index (χ1n) is 6.06. The Morgan fingerprint density at radius 1 is 1.21 bits per heavy atom. The summed E-state index contributed by atoms with van der Waals surface area (Å²) in [6.45, 7) is 2.78. The second-order valence-electron chi connectivity index (χ2n) is 4.19. The average Bonchev–Trinajstić information content (AvgIpc) is 2.41. The SMILES string of the molecule is CCNC(c1ccc(Br)cc1)c1cccc(F)c1Cl. The van der Waals surface area contributed by atoms with Gasteiger partial charge in [0, 0.05) is 4.47 Å². The third-order valence-corrected chi connectivity index (χ3v) is 3.83. The number of halogens is 3. The van der Waals surface area contributed by atoms with Crippen molar-refractivity contribution in [1.82, 2.24) is 5.32 Å². The molecule has 0 saturated heterocycles. The zero-order valence-electron chi connectivity index (χ0n) is 10.5. The molecule has 1 nitrogen and oxygen atoms in total. The van der Waals surface area contributed by atoms with Gasteiger partial charge in [0.2, 0.25) is 0 Å². The minimum absolute atomic E-state index is 0.110. The van der Waals surface area contributed by atoms with Gasteiger partial charge in [0.05, 0.1) is 11.1 Å². The van der Waals surface area contributed by atoms with Crippen molar-refractivity contribution >= 4 is 27.5 Å². The third-order valence-electron chi connectivity index (χ3n) is 2.90. The lowest BCUT2D eigenvalue weighted by Gasteiger charge is -2.20. The van der Waals surface area contributed by atoms with Crippen LogP contribution in [0, 0.1) is 5.82 Å². The minimum Gasteiger partial charge on any atom is -0.306 e. The van der Waals surface area contributed by atoms with E-state index in [2.05, 4.69) is 21.2 Å². The molecular formula is C15H14BrClFN. The Bertz CT molecular complexity index is 557. The summed E-state index contributed by atoms with van der Waals surface area (Å²) in [5.74, 6) is -0.390. The highest BCUT2D eigenvalue weighted by Crippen LogP contribution is 2.30. The summed E-state index contributed by atoms with van der Waals surface area (Å²) in [6.07, 6.45) is 0. The summed E-state index contributed by atoms with van der Waals surface area (Å²) in [5.41, 5.74) is 1.81. The number of hydrogen-bond donors (Lipinski definition) is 1. The number of hydrogen-bond acceptors (Lipinski definition) is 1. The minimum atomic E-state index is -0.390. The summed E-state index contributed by atoms with van der Waals surface area (Å²) in [4.78, 5) is 0. The van der Waals surface area contributed by atoms with Crippen molar-refractivity contribution in [3.05, 3.63) is 68.9 Å². The van der Waals surface area contributed by atoms with Crippen molar-refractivity contribution in [2.24, 2.45) is 0 Å². The standard InChI is InChI=1S/C15H14BrClFN/c1-2-19-15(10-6-8-11(16)9-7-10)12-4-3-5-13(18)14(12)17/h3-9,15,19H,2H2,1H3. The molecule has 100 valence electrons. The van der Waals surface area contributed by atoms with E-state index in [-0.39, 0.29) is 16.9 Å². The molecule has 1 N–H and O–H groups in total. The van der Waals surface area contributed by atoms with Gasteiger partial charge in [0.1, 0.15) is 5.82 Å². The fourth-order valence-corrected chi connectivity index (χ4v) is 2.51.